The maximum atomic E-state index is 5.58. The van der Waals surface area contributed by atoms with Gasteiger partial charge in [0.15, 0.2) is 0 Å². The predicted octanol–water partition coefficient (Wildman–Crippen LogP) is 4.50. The van der Waals surface area contributed by atoms with Gasteiger partial charge in [-0.1, -0.05) is 29.8 Å². The topological polar surface area (TPSA) is 25.2 Å². The molecular weight excluding hydrogens is 258 g/mol. The summed E-state index contributed by atoms with van der Waals surface area (Å²) in [6.45, 7) is 2.15. The Kier molecular flexibility index (Phi) is 3.34. The largest absolute Gasteiger partial charge is 0.469 e. The summed E-state index contributed by atoms with van der Waals surface area (Å²) in [6.07, 6.45) is 7.99. The Labute approximate surface area is 126 Å². The van der Waals surface area contributed by atoms with Crippen molar-refractivity contribution in [2.24, 2.45) is 0 Å². The van der Waals surface area contributed by atoms with Crippen LogP contribution in [-0.2, 0) is 6.42 Å². The molecule has 1 fully saturated rings. The zero-order valence-electron chi connectivity index (χ0n) is 12.6. The van der Waals surface area contributed by atoms with Crippen LogP contribution in [0.5, 0.6) is 0 Å². The van der Waals surface area contributed by atoms with Gasteiger partial charge in [-0.3, -0.25) is 0 Å². The van der Waals surface area contributed by atoms with Crippen LogP contribution in [0.25, 0.3) is 0 Å². The van der Waals surface area contributed by atoms with Gasteiger partial charge in [0, 0.05) is 24.1 Å². The van der Waals surface area contributed by atoms with Crippen LogP contribution in [0.1, 0.15) is 60.1 Å². The quantitative estimate of drug-likeness (QED) is 0.896. The first kappa shape index (κ1) is 13.1. The summed E-state index contributed by atoms with van der Waals surface area (Å²) >= 11 is 0. The fourth-order valence-electron chi connectivity index (χ4n) is 3.81. The van der Waals surface area contributed by atoms with Gasteiger partial charge in [0.05, 0.1) is 6.26 Å². The van der Waals surface area contributed by atoms with Gasteiger partial charge in [0.1, 0.15) is 5.76 Å². The van der Waals surface area contributed by atoms with Gasteiger partial charge < -0.3 is 9.73 Å². The van der Waals surface area contributed by atoms with Crippen molar-refractivity contribution in [3.8, 4) is 0 Å². The molecular formula is C19H23NO. The molecule has 1 heterocycles. The number of nitrogens with one attached hydrogen (secondary N) is 1. The summed E-state index contributed by atoms with van der Waals surface area (Å²) in [5.41, 5.74) is 4.26. The Morgan fingerprint density at radius 3 is 2.71 bits per heavy atom. The standard InChI is InChI=1S/C19H23NO/c1-13-5-7-14(8-6-13)15-11-16(12-15)20-18-3-2-4-19-17(18)9-10-21-19/h5-10,15-16,18,20H,2-4,11-12H2,1H3. The van der Waals surface area contributed by atoms with Crippen LogP contribution in [0.2, 0.25) is 0 Å². The lowest BCUT2D eigenvalue weighted by molar-refractivity contribution is 0.252. The van der Waals surface area contributed by atoms with E-state index < -0.39 is 0 Å². The molecule has 0 amide bonds. The van der Waals surface area contributed by atoms with Crippen molar-refractivity contribution in [1.29, 1.82) is 0 Å². The average Bonchev–Trinajstić information content (AvgIpc) is 2.93. The second-order valence-electron chi connectivity index (χ2n) is 6.69. The van der Waals surface area contributed by atoms with E-state index in [1.54, 1.807) is 0 Å². The lowest BCUT2D eigenvalue weighted by atomic mass is 9.75. The maximum Gasteiger partial charge on any atom is 0.108 e. The van der Waals surface area contributed by atoms with Crippen LogP contribution < -0.4 is 5.32 Å². The maximum absolute atomic E-state index is 5.58. The van der Waals surface area contributed by atoms with Crippen LogP contribution in [0.4, 0.5) is 0 Å². The van der Waals surface area contributed by atoms with E-state index in [-0.39, 0.29) is 0 Å². The molecule has 1 atom stereocenters. The number of furan rings is 1. The normalized spacial score (nSPS) is 28.0. The minimum Gasteiger partial charge on any atom is -0.469 e. The predicted molar refractivity (Wildman–Crippen MR) is 84.5 cm³/mol. The summed E-state index contributed by atoms with van der Waals surface area (Å²) in [5.74, 6) is 1.95. The van der Waals surface area contributed by atoms with Crippen molar-refractivity contribution in [2.45, 2.75) is 57.0 Å². The molecule has 0 bridgehead atoms. The molecule has 0 aliphatic heterocycles. The molecule has 2 aromatic rings. The highest BCUT2D eigenvalue weighted by Crippen LogP contribution is 2.39. The fraction of sp³-hybridized carbons (Fsp3) is 0.474. The van der Waals surface area contributed by atoms with E-state index in [0.29, 0.717) is 12.1 Å². The molecule has 0 saturated heterocycles. The first-order valence-electron chi connectivity index (χ1n) is 8.18. The summed E-state index contributed by atoms with van der Waals surface area (Å²) in [5, 5.41) is 3.85. The van der Waals surface area contributed by atoms with Gasteiger partial charge in [0.2, 0.25) is 0 Å². The van der Waals surface area contributed by atoms with Gasteiger partial charge in [-0.05, 0) is 50.2 Å². The van der Waals surface area contributed by atoms with Gasteiger partial charge in [-0.15, -0.1) is 0 Å². The minimum absolute atomic E-state index is 0.511. The van der Waals surface area contributed by atoms with E-state index in [0.717, 1.165) is 12.3 Å². The lowest BCUT2D eigenvalue weighted by Crippen LogP contribution is -2.42. The van der Waals surface area contributed by atoms with Crippen LogP contribution in [0.3, 0.4) is 0 Å². The molecule has 2 aliphatic rings. The number of hydrogen-bond donors (Lipinski definition) is 1. The number of hydrogen-bond acceptors (Lipinski definition) is 2. The third-order valence-corrected chi connectivity index (χ3v) is 5.18. The monoisotopic (exact) mass is 281 g/mol. The molecule has 0 radical (unpaired) electrons. The van der Waals surface area contributed by atoms with E-state index in [2.05, 4.69) is 42.6 Å². The van der Waals surface area contributed by atoms with Crippen molar-refractivity contribution in [3.05, 3.63) is 59.0 Å². The Balaban J connectivity index is 1.36. The Bertz CT molecular complexity index is 607. The highest BCUT2D eigenvalue weighted by molar-refractivity contribution is 5.28. The zero-order chi connectivity index (χ0) is 14.2. The van der Waals surface area contributed by atoms with Gasteiger partial charge in [-0.2, -0.15) is 0 Å². The second kappa shape index (κ2) is 5.34. The van der Waals surface area contributed by atoms with Crippen molar-refractivity contribution < 1.29 is 4.42 Å². The fourth-order valence-corrected chi connectivity index (χ4v) is 3.81. The number of fused-ring (bicyclic) bond motifs is 1. The van der Waals surface area contributed by atoms with Crippen LogP contribution in [0, 0.1) is 6.92 Å². The van der Waals surface area contributed by atoms with Crippen LogP contribution in [0.15, 0.2) is 41.0 Å². The smallest absolute Gasteiger partial charge is 0.108 e. The lowest BCUT2D eigenvalue weighted by Gasteiger charge is -2.39. The van der Waals surface area contributed by atoms with Gasteiger partial charge in [-0.25, -0.2) is 0 Å². The first-order valence-corrected chi connectivity index (χ1v) is 8.18. The van der Waals surface area contributed by atoms with Crippen LogP contribution in [-0.4, -0.2) is 6.04 Å². The van der Waals surface area contributed by atoms with Crippen molar-refractivity contribution in [2.75, 3.05) is 0 Å². The molecule has 1 aromatic carbocycles. The van der Waals surface area contributed by atoms with Gasteiger partial charge in [0.25, 0.3) is 0 Å². The van der Waals surface area contributed by atoms with Gasteiger partial charge >= 0.3 is 0 Å². The highest BCUT2D eigenvalue weighted by Gasteiger charge is 2.33. The SMILES string of the molecule is Cc1ccc(C2CC(NC3CCCc4occc43)C2)cc1. The molecule has 2 aliphatic carbocycles. The molecule has 1 aromatic heterocycles. The summed E-state index contributed by atoms with van der Waals surface area (Å²) < 4.78 is 5.58. The molecule has 1 unspecified atom stereocenters. The van der Waals surface area contributed by atoms with Crippen LogP contribution >= 0.6 is 0 Å². The van der Waals surface area contributed by atoms with E-state index >= 15 is 0 Å². The molecule has 2 heteroatoms. The van der Waals surface area contributed by atoms with E-state index in [1.165, 1.54) is 48.1 Å². The molecule has 110 valence electrons. The Morgan fingerprint density at radius 1 is 1.10 bits per heavy atom. The summed E-state index contributed by atoms with van der Waals surface area (Å²) in [7, 11) is 0. The summed E-state index contributed by atoms with van der Waals surface area (Å²) in [4.78, 5) is 0. The molecule has 0 spiro atoms. The first-order chi connectivity index (χ1) is 10.3. The zero-order valence-corrected chi connectivity index (χ0v) is 12.6. The van der Waals surface area contributed by atoms with Crippen molar-refractivity contribution >= 4 is 0 Å². The summed E-state index contributed by atoms with van der Waals surface area (Å²) in [6, 6.07) is 12.4. The molecule has 1 N–H and O–H groups in total. The molecule has 4 rings (SSSR count). The molecule has 2 nitrogen and oxygen atoms in total. The molecule has 1 saturated carbocycles. The Hall–Kier alpha value is -1.54. The van der Waals surface area contributed by atoms with E-state index in [1.807, 2.05) is 6.26 Å². The number of benzene rings is 1. The average molecular weight is 281 g/mol. The number of aryl methyl sites for hydroxylation is 2. The van der Waals surface area contributed by atoms with E-state index in [9.17, 15) is 0 Å². The Morgan fingerprint density at radius 2 is 1.90 bits per heavy atom. The second-order valence-corrected chi connectivity index (χ2v) is 6.69. The number of rotatable bonds is 3. The molecule has 21 heavy (non-hydrogen) atoms. The van der Waals surface area contributed by atoms with E-state index in [4.69, 9.17) is 4.42 Å². The third kappa shape index (κ3) is 2.53. The third-order valence-electron chi connectivity index (χ3n) is 5.18. The van der Waals surface area contributed by atoms with Crippen molar-refractivity contribution in [1.82, 2.24) is 5.32 Å². The highest BCUT2D eigenvalue weighted by atomic mass is 16.3. The minimum atomic E-state index is 0.511. The van der Waals surface area contributed by atoms with Crippen molar-refractivity contribution in [3.63, 3.8) is 0 Å².